The second kappa shape index (κ2) is 25.2. The van der Waals surface area contributed by atoms with Gasteiger partial charge in [-0.1, -0.05) is 110 Å². The van der Waals surface area contributed by atoms with E-state index >= 15 is 0 Å². The number of esters is 2. The smallest absolute Gasteiger partial charge is 0.305 e. The predicted molar refractivity (Wildman–Crippen MR) is 130 cm³/mol. The van der Waals surface area contributed by atoms with Gasteiger partial charge in [-0.3, -0.25) is 9.59 Å². The van der Waals surface area contributed by atoms with E-state index in [0.29, 0.717) is 26.1 Å². The second-order valence-corrected chi connectivity index (χ2v) is 8.95. The summed E-state index contributed by atoms with van der Waals surface area (Å²) in [4.78, 5) is 23.1. The second-order valence-electron chi connectivity index (χ2n) is 8.95. The van der Waals surface area contributed by atoms with Gasteiger partial charge in [0.2, 0.25) is 0 Å². The summed E-state index contributed by atoms with van der Waals surface area (Å²) in [5.41, 5.74) is 0. The summed E-state index contributed by atoms with van der Waals surface area (Å²) in [7, 11) is 0. The minimum absolute atomic E-state index is 0.0401. The highest BCUT2D eigenvalue weighted by molar-refractivity contribution is 5.69. The highest BCUT2D eigenvalue weighted by Gasteiger charge is 2.04. The molecular weight excluding hydrogens is 388 g/mol. The average Bonchev–Trinajstić information content (AvgIpc) is 2.77. The van der Waals surface area contributed by atoms with Crippen LogP contribution in [-0.4, -0.2) is 25.2 Å². The van der Waals surface area contributed by atoms with Crippen LogP contribution >= 0.6 is 0 Å². The Hall–Kier alpha value is -1.06. The molecule has 0 spiro atoms. The zero-order valence-electron chi connectivity index (χ0n) is 20.9. The fourth-order valence-corrected chi connectivity index (χ4v) is 3.74. The zero-order valence-corrected chi connectivity index (χ0v) is 20.9. The molecule has 0 saturated carbocycles. The van der Waals surface area contributed by atoms with Crippen LogP contribution in [0.3, 0.4) is 0 Å². The van der Waals surface area contributed by atoms with Crippen molar-refractivity contribution in [3.63, 3.8) is 0 Å². The van der Waals surface area contributed by atoms with Gasteiger partial charge in [-0.05, 0) is 25.7 Å². The molecule has 0 aromatic carbocycles. The highest BCUT2D eigenvalue weighted by Crippen LogP contribution is 2.12. The third-order valence-electron chi connectivity index (χ3n) is 5.74. The van der Waals surface area contributed by atoms with Crippen LogP contribution < -0.4 is 0 Å². The van der Waals surface area contributed by atoms with Gasteiger partial charge < -0.3 is 9.47 Å². The molecule has 4 nitrogen and oxygen atoms in total. The number of carbonyl (C=O) groups excluding carboxylic acids is 2. The molecule has 31 heavy (non-hydrogen) atoms. The van der Waals surface area contributed by atoms with E-state index in [-0.39, 0.29) is 11.9 Å². The first-order valence-electron chi connectivity index (χ1n) is 13.5. The molecule has 184 valence electrons. The van der Waals surface area contributed by atoms with Gasteiger partial charge in [0.25, 0.3) is 0 Å². The maximum absolute atomic E-state index is 11.8. The van der Waals surface area contributed by atoms with Gasteiger partial charge >= 0.3 is 11.9 Å². The van der Waals surface area contributed by atoms with Gasteiger partial charge in [-0.25, -0.2) is 0 Å². The highest BCUT2D eigenvalue weighted by atomic mass is 16.5. The lowest BCUT2D eigenvalue weighted by atomic mass is 10.1. The van der Waals surface area contributed by atoms with Crippen molar-refractivity contribution in [2.45, 2.75) is 149 Å². The normalized spacial score (nSPS) is 10.9. The Morgan fingerprint density at radius 1 is 0.419 bits per heavy atom. The number of hydrogen-bond donors (Lipinski definition) is 0. The van der Waals surface area contributed by atoms with Gasteiger partial charge in [0, 0.05) is 12.8 Å². The molecule has 0 amide bonds. The Bertz CT molecular complexity index is 395. The maximum atomic E-state index is 11.8. The van der Waals surface area contributed by atoms with Crippen molar-refractivity contribution in [3.8, 4) is 0 Å². The van der Waals surface area contributed by atoms with Crippen molar-refractivity contribution in [1.82, 2.24) is 0 Å². The minimum Gasteiger partial charge on any atom is -0.466 e. The summed E-state index contributed by atoms with van der Waals surface area (Å²) in [5, 5.41) is 0. The molecule has 0 fully saturated rings. The Kier molecular flexibility index (Phi) is 24.3. The number of rotatable bonds is 24. The summed E-state index contributed by atoms with van der Waals surface area (Å²) >= 11 is 0. The Morgan fingerprint density at radius 3 is 1.19 bits per heavy atom. The van der Waals surface area contributed by atoms with E-state index in [4.69, 9.17) is 9.47 Å². The van der Waals surface area contributed by atoms with E-state index in [1.54, 1.807) is 0 Å². The minimum atomic E-state index is -0.0715. The largest absolute Gasteiger partial charge is 0.466 e. The standard InChI is InChI=1S/C27H52O4/c1-3-5-6-7-8-9-10-11-12-15-18-21-25-31-27(29)23-20-17-14-13-16-19-22-26(28)30-24-4-2/h3-25H2,1-2H3. The van der Waals surface area contributed by atoms with E-state index < -0.39 is 0 Å². The molecule has 0 N–H and O–H groups in total. The first kappa shape index (κ1) is 29.9. The number of carbonyl (C=O) groups is 2. The van der Waals surface area contributed by atoms with E-state index in [1.807, 2.05) is 6.92 Å². The Labute approximate surface area is 193 Å². The van der Waals surface area contributed by atoms with Crippen molar-refractivity contribution < 1.29 is 19.1 Å². The lowest BCUT2D eigenvalue weighted by Crippen LogP contribution is -2.05. The number of ether oxygens (including phenoxy) is 2. The molecule has 0 radical (unpaired) electrons. The molecular formula is C27H52O4. The third-order valence-corrected chi connectivity index (χ3v) is 5.74. The van der Waals surface area contributed by atoms with Crippen LogP contribution in [-0.2, 0) is 19.1 Å². The molecule has 0 aliphatic carbocycles. The van der Waals surface area contributed by atoms with Crippen molar-refractivity contribution in [3.05, 3.63) is 0 Å². The van der Waals surface area contributed by atoms with E-state index in [0.717, 1.165) is 51.4 Å². The van der Waals surface area contributed by atoms with Crippen molar-refractivity contribution in [1.29, 1.82) is 0 Å². The lowest BCUT2D eigenvalue weighted by molar-refractivity contribution is -0.144. The molecule has 0 aromatic heterocycles. The first-order valence-corrected chi connectivity index (χ1v) is 13.5. The van der Waals surface area contributed by atoms with Gasteiger partial charge in [0.05, 0.1) is 13.2 Å². The van der Waals surface area contributed by atoms with Crippen LogP contribution in [0, 0.1) is 0 Å². The molecule has 0 atom stereocenters. The maximum Gasteiger partial charge on any atom is 0.305 e. The van der Waals surface area contributed by atoms with Crippen LogP contribution in [0.1, 0.15) is 149 Å². The van der Waals surface area contributed by atoms with Crippen LogP contribution in [0.15, 0.2) is 0 Å². The summed E-state index contributed by atoms with van der Waals surface area (Å²) in [6.07, 6.45) is 24.0. The lowest BCUT2D eigenvalue weighted by Gasteiger charge is -2.06. The van der Waals surface area contributed by atoms with Crippen LogP contribution in [0.4, 0.5) is 0 Å². The predicted octanol–water partition coefficient (Wildman–Crippen LogP) is 8.30. The van der Waals surface area contributed by atoms with Crippen LogP contribution in [0.5, 0.6) is 0 Å². The molecule has 0 aliphatic heterocycles. The van der Waals surface area contributed by atoms with Gasteiger partial charge in [0.15, 0.2) is 0 Å². The fraction of sp³-hybridized carbons (Fsp3) is 0.926. The molecule has 0 bridgehead atoms. The van der Waals surface area contributed by atoms with Gasteiger partial charge in [0.1, 0.15) is 0 Å². The SMILES string of the molecule is CCCCCCCCCCCCCCOC(=O)CCCCCCCCC(=O)OCCC. The number of hydrogen-bond acceptors (Lipinski definition) is 4. The third kappa shape index (κ3) is 25.1. The van der Waals surface area contributed by atoms with Gasteiger partial charge in [-0.2, -0.15) is 0 Å². The Balaban J connectivity index is 3.21. The van der Waals surface area contributed by atoms with E-state index in [1.165, 1.54) is 70.6 Å². The quantitative estimate of drug-likeness (QED) is 0.112. The van der Waals surface area contributed by atoms with E-state index in [9.17, 15) is 9.59 Å². The molecule has 0 unspecified atom stereocenters. The topological polar surface area (TPSA) is 52.6 Å². The molecule has 0 aliphatic rings. The average molecular weight is 441 g/mol. The first-order chi connectivity index (χ1) is 15.2. The van der Waals surface area contributed by atoms with Crippen LogP contribution in [0.2, 0.25) is 0 Å². The summed E-state index contributed by atoms with van der Waals surface area (Å²) < 4.78 is 10.4. The zero-order chi connectivity index (χ0) is 22.8. The van der Waals surface area contributed by atoms with Crippen molar-refractivity contribution in [2.75, 3.05) is 13.2 Å². The van der Waals surface area contributed by atoms with E-state index in [2.05, 4.69) is 6.92 Å². The summed E-state index contributed by atoms with van der Waals surface area (Å²) in [5.74, 6) is -0.112. The molecule has 0 rings (SSSR count). The Morgan fingerprint density at radius 2 is 0.774 bits per heavy atom. The molecule has 0 saturated heterocycles. The monoisotopic (exact) mass is 440 g/mol. The molecule has 4 heteroatoms. The van der Waals surface area contributed by atoms with Gasteiger partial charge in [-0.15, -0.1) is 0 Å². The van der Waals surface area contributed by atoms with Crippen LogP contribution in [0.25, 0.3) is 0 Å². The summed E-state index contributed by atoms with van der Waals surface area (Å²) in [6.45, 7) is 5.39. The molecule has 0 heterocycles. The molecule has 0 aromatic rings. The van der Waals surface area contributed by atoms with Crippen molar-refractivity contribution in [2.24, 2.45) is 0 Å². The fourth-order valence-electron chi connectivity index (χ4n) is 3.74. The summed E-state index contributed by atoms with van der Waals surface area (Å²) in [6, 6.07) is 0. The number of unbranched alkanes of at least 4 members (excludes halogenated alkanes) is 16. The van der Waals surface area contributed by atoms with Crippen molar-refractivity contribution >= 4 is 11.9 Å².